The maximum Gasteiger partial charge on any atom is 0.309 e. The molecule has 2 N–H and O–H groups in total. The van der Waals surface area contributed by atoms with Crippen LogP contribution in [-0.4, -0.2) is 42.9 Å². The summed E-state index contributed by atoms with van der Waals surface area (Å²) in [6.45, 7) is 5.77. The number of carbonyl (C=O) groups is 1. The normalized spacial score (nSPS) is 22.4. The van der Waals surface area contributed by atoms with Crippen molar-refractivity contribution in [3.05, 3.63) is 0 Å². The van der Waals surface area contributed by atoms with Gasteiger partial charge in [0.2, 0.25) is 0 Å². The molecule has 0 aromatic heterocycles. The van der Waals surface area contributed by atoms with Gasteiger partial charge in [0, 0.05) is 19.1 Å². The fraction of sp³-hybridized carbons (Fsp3) is 0.917. The second-order valence-electron chi connectivity index (χ2n) is 5.79. The maximum absolute atomic E-state index is 12.1. The lowest BCUT2D eigenvalue weighted by Crippen LogP contribution is -2.48. The minimum atomic E-state index is -3.49. The van der Waals surface area contributed by atoms with E-state index in [1.54, 1.807) is 13.8 Å². The smallest absolute Gasteiger partial charge is 0.309 e. The number of carboxylic acids is 1. The summed E-state index contributed by atoms with van der Waals surface area (Å²) in [5, 5.41) is 8.97. The number of hydrogen-bond donors (Lipinski definition) is 2. The summed E-state index contributed by atoms with van der Waals surface area (Å²) >= 11 is 0. The summed E-state index contributed by atoms with van der Waals surface area (Å²) in [5.74, 6) is -0.918. The molecule has 6 nitrogen and oxygen atoms in total. The van der Waals surface area contributed by atoms with Gasteiger partial charge in [-0.05, 0) is 40.0 Å². The van der Waals surface area contributed by atoms with Crippen LogP contribution < -0.4 is 4.72 Å². The van der Waals surface area contributed by atoms with E-state index < -0.39 is 21.6 Å². The van der Waals surface area contributed by atoms with Crippen molar-refractivity contribution in [2.45, 2.75) is 52.5 Å². The minimum absolute atomic E-state index is 0.0127. The summed E-state index contributed by atoms with van der Waals surface area (Å²) in [4.78, 5) is 10.9. The van der Waals surface area contributed by atoms with Gasteiger partial charge in [0.15, 0.2) is 0 Å². The highest BCUT2D eigenvalue weighted by Gasteiger charge is 2.31. The molecule has 1 aliphatic rings. The second kappa shape index (κ2) is 6.19. The largest absolute Gasteiger partial charge is 0.481 e. The van der Waals surface area contributed by atoms with Crippen molar-refractivity contribution in [1.29, 1.82) is 0 Å². The maximum atomic E-state index is 12.1. The summed E-state index contributed by atoms with van der Waals surface area (Å²) in [6, 6.07) is 0.0127. The van der Waals surface area contributed by atoms with Gasteiger partial charge in [-0.15, -0.1) is 0 Å². The van der Waals surface area contributed by atoms with Crippen LogP contribution in [0.1, 0.15) is 46.5 Å². The van der Waals surface area contributed by atoms with Crippen LogP contribution in [0.25, 0.3) is 0 Å². The molecule has 1 aliphatic heterocycles. The Bertz CT molecular complexity index is 419. The van der Waals surface area contributed by atoms with E-state index in [2.05, 4.69) is 4.72 Å². The van der Waals surface area contributed by atoms with Gasteiger partial charge in [-0.25, -0.2) is 4.72 Å². The fourth-order valence-electron chi connectivity index (χ4n) is 2.11. The van der Waals surface area contributed by atoms with Crippen molar-refractivity contribution in [1.82, 2.24) is 9.03 Å². The van der Waals surface area contributed by atoms with Crippen LogP contribution in [0, 0.1) is 5.41 Å². The van der Waals surface area contributed by atoms with Crippen LogP contribution in [0.4, 0.5) is 0 Å². The van der Waals surface area contributed by atoms with Crippen molar-refractivity contribution in [2.75, 3.05) is 13.1 Å². The molecule has 1 rings (SSSR count). The molecule has 1 heterocycles. The molecule has 1 saturated heterocycles. The van der Waals surface area contributed by atoms with E-state index in [1.165, 1.54) is 4.31 Å². The van der Waals surface area contributed by atoms with Gasteiger partial charge in [0.05, 0.1) is 5.41 Å². The first-order valence-electron chi connectivity index (χ1n) is 6.66. The monoisotopic (exact) mass is 292 g/mol. The lowest BCUT2D eigenvalue weighted by atomic mass is 9.90. The summed E-state index contributed by atoms with van der Waals surface area (Å²) in [5.41, 5.74) is -0.921. The second-order valence-corrected chi connectivity index (χ2v) is 7.50. The predicted octanol–water partition coefficient (Wildman–Crippen LogP) is 1.20. The van der Waals surface area contributed by atoms with Crippen LogP contribution in [0.2, 0.25) is 0 Å². The highest BCUT2D eigenvalue weighted by molar-refractivity contribution is 7.87. The Morgan fingerprint density at radius 2 is 2.05 bits per heavy atom. The molecule has 19 heavy (non-hydrogen) atoms. The molecule has 0 radical (unpaired) electrons. The van der Waals surface area contributed by atoms with Crippen molar-refractivity contribution >= 4 is 16.2 Å². The molecular formula is C12H24N2O4S. The van der Waals surface area contributed by atoms with Crippen LogP contribution in [0.3, 0.4) is 0 Å². The summed E-state index contributed by atoms with van der Waals surface area (Å²) in [7, 11) is -3.49. The van der Waals surface area contributed by atoms with E-state index in [4.69, 9.17) is 5.11 Å². The van der Waals surface area contributed by atoms with Gasteiger partial charge < -0.3 is 5.11 Å². The van der Waals surface area contributed by atoms with Gasteiger partial charge >= 0.3 is 5.97 Å². The zero-order valence-electron chi connectivity index (χ0n) is 11.8. The Morgan fingerprint density at radius 1 is 1.42 bits per heavy atom. The number of nitrogens with zero attached hydrogens (tertiary/aromatic N) is 1. The van der Waals surface area contributed by atoms with E-state index in [0.29, 0.717) is 6.54 Å². The number of carboxylic acid groups (broad SMARTS) is 1. The van der Waals surface area contributed by atoms with Crippen molar-refractivity contribution in [3.8, 4) is 0 Å². The molecule has 0 aromatic carbocycles. The topological polar surface area (TPSA) is 86.7 Å². The van der Waals surface area contributed by atoms with Gasteiger partial charge in [-0.3, -0.25) is 4.79 Å². The summed E-state index contributed by atoms with van der Waals surface area (Å²) in [6.07, 6.45) is 3.08. The Labute approximate surface area is 115 Å². The van der Waals surface area contributed by atoms with Crippen molar-refractivity contribution < 1.29 is 18.3 Å². The van der Waals surface area contributed by atoms with Gasteiger partial charge in [-0.2, -0.15) is 12.7 Å². The first kappa shape index (κ1) is 16.4. The fourth-order valence-corrected chi connectivity index (χ4v) is 3.59. The third-order valence-corrected chi connectivity index (χ3v) is 5.39. The molecule has 7 heteroatoms. The quantitative estimate of drug-likeness (QED) is 0.770. The lowest BCUT2D eigenvalue weighted by molar-refractivity contribution is -0.147. The first-order valence-corrected chi connectivity index (χ1v) is 8.10. The van der Waals surface area contributed by atoms with E-state index in [9.17, 15) is 13.2 Å². The highest BCUT2D eigenvalue weighted by atomic mass is 32.2. The minimum Gasteiger partial charge on any atom is -0.481 e. The zero-order chi connectivity index (χ0) is 14.7. The van der Waals surface area contributed by atoms with E-state index in [1.807, 2.05) is 6.92 Å². The molecule has 0 bridgehead atoms. The number of rotatable bonds is 6. The zero-order valence-corrected chi connectivity index (χ0v) is 12.7. The van der Waals surface area contributed by atoms with Gasteiger partial charge in [0.25, 0.3) is 10.2 Å². The van der Waals surface area contributed by atoms with E-state index >= 15 is 0 Å². The molecule has 0 aliphatic carbocycles. The molecular weight excluding hydrogens is 268 g/mol. The standard InChI is InChI=1S/C12H24N2O4S/c1-10-6-4-5-9-14(10)19(17,18)13-8-7-12(2,3)11(15)16/h10,13H,4-9H2,1-3H3,(H,15,16). The number of hydrogen-bond acceptors (Lipinski definition) is 3. The SMILES string of the molecule is CC1CCCCN1S(=O)(=O)NCCC(C)(C)C(=O)O. The highest BCUT2D eigenvalue weighted by Crippen LogP contribution is 2.21. The third kappa shape index (κ3) is 4.43. The average molecular weight is 292 g/mol. The molecule has 0 aromatic rings. The van der Waals surface area contributed by atoms with Crippen molar-refractivity contribution in [2.24, 2.45) is 5.41 Å². The van der Waals surface area contributed by atoms with Crippen LogP contribution in [0.15, 0.2) is 0 Å². The molecule has 0 saturated carbocycles. The molecule has 1 unspecified atom stereocenters. The lowest BCUT2D eigenvalue weighted by Gasteiger charge is -2.32. The number of aliphatic carboxylic acids is 1. The molecule has 1 atom stereocenters. The molecule has 0 spiro atoms. The number of nitrogens with one attached hydrogen (secondary N) is 1. The molecule has 0 amide bonds. The van der Waals surface area contributed by atoms with Gasteiger partial charge in [-0.1, -0.05) is 6.42 Å². The van der Waals surface area contributed by atoms with E-state index in [-0.39, 0.29) is 19.0 Å². The van der Waals surface area contributed by atoms with E-state index in [0.717, 1.165) is 19.3 Å². The number of piperidine rings is 1. The average Bonchev–Trinajstić information content (AvgIpc) is 2.28. The molecule has 112 valence electrons. The summed E-state index contributed by atoms with van der Waals surface area (Å²) < 4.78 is 28.2. The Kier molecular flexibility index (Phi) is 5.34. The Morgan fingerprint density at radius 3 is 2.58 bits per heavy atom. The van der Waals surface area contributed by atoms with Crippen molar-refractivity contribution in [3.63, 3.8) is 0 Å². The van der Waals surface area contributed by atoms with Crippen LogP contribution in [-0.2, 0) is 15.0 Å². The predicted molar refractivity (Wildman–Crippen MR) is 73.0 cm³/mol. The Balaban J connectivity index is 2.54. The van der Waals surface area contributed by atoms with Crippen LogP contribution in [0.5, 0.6) is 0 Å². The molecule has 1 fully saturated rings. The third-order valence-electron chi connectivity index (χ3n) is 3.66. The first-order chi connectivity index (χ1) is 8.67. The Hall–Kier alpha value is -0.660. The van der Waals surface area contributed by atoms with Crippen LogP contribution >= 0.6 is 0 Å². The van der Waals surface area contributed by atoms with Gasteiger partial charge in [0.1, 0.15) is 0 Å².